The third kappa shape index (κ3) is 3.39. The Hall–Kier alpha value is -1.64. The predicted octanol–water partition coefficient (Wildman–Crippen LogP) is 2.18. The van der Waals surface area contributed by atoms with Gasteiger partial charge in [-0.15, -0.1) is 0 Å². The lowest BCUT2D eigenvalue weighted by molar-refractivity contribution is -0.129. The van der Waals surface area contributed by atoms with E-state index in [1.165, 1.54) is 0 Å². The predicted molar refractivity (Wildman–Crippen MR) is 56.3 cm³/mol. The molecule has 0 radical (unpaired) electrons. The molecule has 0 aromatic rings. The molecule has 0 saturated heterocycles. The summed E-state index contributed by atoms with van der Waals surface area (Å²) in [7, 11) is 0. The summed E-state index contributed by atoms with van der Waals surface area (Å²) in [4.78, 5) is 14.6. The molecule has 0 aromatic heterocycles. The zero-order chi connectivity index (χ0) is 10.4. The fourth-order valence-corrected chi connectivity index (χ4v) is 1.03. The van der Waals surface area contributed by atoms with Gasteiger partial charge >= 0.3 is 5.97 Å². The van der Waals surface area contributed by atoms with Gasteiger partial charge in [-0.25, -0.2) is 4.79 Å². The van der Waals surface area contributed by atoms with Crippen LogP contribution in [0.2, 0.25) is 0 Å². The van der Waals surface area contributed by atoms with Crippen LogP contribution in [0.1, 0.15) is 13.3 Å². The molecule has 0 amide bonds. The van der Waals surface area contributed by atoms with Gasteiger partial charge in [-0.05, 0) is 5.92 Å². The van der Waals surface area contributed by atoms with Crippen molar-refractivity contribution in [2.24, 2.45) is 10.9 Å². The van der Waals surface area contributed by atoms with Crippen LogP contribution in [0.15, 0.2) is 41.6 Å². The smallest absolute Gasteiger partial charge is 0.350 e. The van der Waals surface area contributed by atoms with Crippen LogP contribution >= 0.6 is 0 Å². The fraction of sp³-hybridized carbons (Fsp3) is 0.273. The standard InChI is InChI=1S/C11H13NO2/c1-9-5-3-2-4-6-10(11(13)14)12-8-7-9/h2-5,7-9H,6H2,1H3,(H,13,14)/b4-2-,5-3-,8-7-,12-10?. The molecule has 1 unspecified atom stereocenters. The molecule has 1 N–H and O–H groups in total. The lowest BCUT2D eigenvalue weighted by Gasteiger charge is -1.98. The van der Waals surface area contributed by atoms with Gasteiger partial charge in [-0.3, -0.25) is 4.99 Å². The van der Waals surface area contributed by atoms with Gasteiger partial charge in [0, 0.05) is 12.6 Å². The number of hydrogen-bond acceptors (Lipinski definition) is 2. The molecule has 0 aromatic carbocycles. The van der Waals surface area contributed by atoms with Crippen molar-refractivity contribution >= 4 is 11.7 Å². The van der Waals surface area contributed by atoms with Gasteiger partial charge in [0.05, 0.1) is 0 Å². The SMILES string of the molecule is CC1/C=C\C=C/CC(C(=O)O)=N/C=C\1. The van der Waals surface area contributed by atoms with E-state index in [1.807, 2.05) is 31.2 Å². The Bertz CT molecular complexity index is 324. The zero-order valence-corrected chi connectivity index (χ0v) is 8.05. The normalized spacial score (nSPS) is 28.6. The first-order valence-electron chi connectivity index (χ1n) is 4.50. The summed E-state index contributed by atoms with van der Waals surface area (Å²) in [5.41, 5.74) is 0.167. The van der Waals surface area contributed by atoms with Gasteiger partial charge in [0.2, 0.25) is 0 Å². The monoisotopic (exact) mass is 191 g/mol. The van der Waals surface area contributed by atoms with Gasteiger partial charge in [0.25, 0.3) is 0 Å². The van der Waals surface area contributed by atoms with Crippen molar-refractivity contribution in [1.29, 1.82) is 0 Å². The summed E-state index contributed by atoms with van der Waals surface area (Å²) < 4.78 is 0. The van der Waals surface area contributed by atoms with Crippen LogP contribution in [0.3, 0.4) is 0 Å². The first-order chi connectivity index (χ1) is 6.70. The van der Waals surface area contributed by atoms with E-state index in [4.69, 9.17) is 5.11 Å². The number of aliphatic carboxylic acids is 1. The molecule has 1 heterocycles. The highest BCUT2D eigenvalue weighted by atomic mass is 16.4. The summed E-state index contributed by atoms with van der Waals surface area (Å²) in [6.45, 7) is 2.01. The van der Waals surface area contributed by atoms with Crippen molar-refractivity contribution in [3.8, 4) is 0 Å². The molecule has 0 aliphatic carbocycles. The Labute approximate surface area is 83.2 Å². The minimum absolute atomic E-state index is 0.167. The van der Waals surface area contributed by atoms with Gasteiger partial charge in [-0.1, -0.05) is 37.3 Å². The van der Waals surface area contributed by atoms with Crippen molar-refractivity contribution < 1.29 is 9.90 Å². The minimum atomic E-state index is -0.962. The van der Waals surface area contributed by atoms with Crippen LogP contribution < -0.4 is 0 Å². The van der Waals surface area contributed by atoms with Crippen molar-refractivity contribution in [2.75, 3.05) is 0 Å². The Morgan fingerprint density at radius 1 is 1.50 bits per heavy atom. The first-order valence-corrected chi connectivity index (χ1v) is 4.50. The van der Waals surface area contributed by atoms with Crippen LogP contribution in [-0.4, -0.2) is 16.8 Å². The fourth-order valence-electron chi connectivity index (χ4n) is 1.03. The Balaban J connectivity index is 2.84. The second-order valence-electron chi connectivity index (χ2n) is 3.10. The summed E-state index contributed by atoms with van der Waals surface area (Å²) >= 11 is 0. The average Bonchev–Trinajstić information content (AvgIpc) is 2.15. The van der Waals surface area contributed by atoms with Crippen LogP contribution in [-0.2, 0) is 4.79 Å². The van der Waals surface area contributed by atoms with E-state index in [0.717, 1.165) is 0 Å². The molecule has 1 atom stereocenters. The van der Waals surface area contributed by atoms with E-state index in [9.17, 15) is 4.79 Å². The molecule has 14 heavy (non-hydrogen) atoms. The van der Waals surface area contributed by atoms with Gasteiger partial charge in [0.1, 0.15) is 5.71 Å². The lowest BCUT2D eigenvalue weighted by atomic mass is 10.1. The second kappa shape index (κ2) is 5.17. The molecule has 0 spiro atoms. The van der Waals surface area contributed by atoms with Crippen LogP contribution in [0.25, 0.3) is 0 Å². The van der Waals surface area contributed by atoms with E-state index >= 15 is 0 Å². The summed E-state index contributed by atoms with van der Waals surface area (Å²) in [5, 5.41) is 8.77. The van der Waals surface area contributed by atoms with Crippen molar-refractivity contribution in [1.82, 2.24) is 0 Å². The molecule has 1 aliphatic rings. The first kappa shape index (κ1) is 10.4. The molecule has 0 saturated carbocycles. The van der Waals surface area contributed by atoms with Gasteiger partial charge in [0.15, 0.2) is 0 Å². The van der Waals surface area contributed by atoms with Gasteiger partial charge in [-0.2, -0.15) is 0 Å². The highest BCUT2D eigenvalue weighted by Gasteiger charge is 2.05. The third-order valence-electron chi connectivity index (χ3n) is 1.84. The molecule has 74 valence electrons. The molecule has 3 nitrogen and oxygen atoms in total. The maximum atomic E-state index is 10.7. The summed E-state index contributed by atoms with van der Waals surface area (Å²) in [6.07, 6.45) is 11.3. The number of carboxylic acid groups (broad SMARTS) is 1. The van der Waals surface area contributed by atoms with Crippen molar-refractivity contribution in [3.05, 3.63) is 36.6 Å². The quantitative estimate of drug-likeness (QED) is 0.690. The summed E-state index contributed by atoms with van der Waals surface area (Å²) in [6, 6.07) is 0. The Kier molecular flexibility index (Phi) is 3.85. The molecular weight excluding hydrogens is 178 g/mol. The van der Waals surface area contributed by atoms with Gasteiger partial charge < -0.3 is 5.11 Å². The number of carboxylic acids is 1. The minimum Gasteiger partial charge on any atom is -0.477 e. The number of nitrogens with zero attached hydrogens (tertiary/aromatic N) is 1. The van der Waals surface area contributed by atoms with Crippen LogP contribution in [0.5, 0.6) is 0 Å². The molecular formula is C11H13NO2. The van der Waals surface area contributed by atoms with Crippen molar-refractivity contribution in [2.45, 2.75) is 13.3 Å². The van der Waals surface area contributed by atoms with Crippen LogP contribution in [0, 0.1) is 5.92 Å². The molecule has 0 fully saturated rings. The van der Waals surface area contributed by atoms with E-state index in [0.29, 0.717) is 6.42 Å². The molecule has 0 bridgehead atoms. The molecule has 1 rings (SSSR count). The largest absolute Gasteiger partial charge is 0.477 e. The zero-order valence-electron chi connectivity index (χ0n) is 8.05. The maximum absolute atomic E-state index is 10.7. The number of aliphatic imine (C=N–C) groups is 1. The number of allylic oxidation sites excluding steroid dienone is 5. The van der Waals surface area contributed by atoms with E-state index in [2.05, 4.69) is 4.99 Å². The highest BCUT2D eigenvalue weighted by molar-refractivity contribution is 6.36. The van der Waals surface area contributed by atoms with E-state index in [1.54, 1.807) is 12.3 Å². The number of rotatable bonds is 1. The number of hydrogen-bond donors (Lipinski definition) is 1. The molecule has 1 aliphatic heterocycles. The highest BCUT2D eigenvalue weighted by Crippen LogP contribution is 2.03. The van der Waals surface area contributed by atoms with Crippen LogP contribution in [0.4, 0.5) is 0 Å². The van der Waals surface area contributed by atoms with Crippen molar-refractivity contribution in [3.63, 3.8) is 0 Å². The van der Waals surface area contributed by atoms with E-state index in [-0.39, 0.29) is 11.6 Å². The van der Waals surface area contributed by atoms with E-state index < -0.39 is 5.97 Å². The topological polar surface area (TPSA) is 49.7 Å². The number of carbonyl (C=O) groups is 1. The summed E-state index contributed by atoms with van der Waals surface area (Å²) in [5.74, 6) is -0.687. The maximum Gasteiger partial charge on any atom is 0.350 e. The molecule has 3 heteroatoms. The second-order valence-corrected chi connectivity index (χ2v) is 3.10. The third-order valence-corrected chi connectivity index (χ3v) is 1.84. The lowest BCUT2D eigenvalue weighted by Crippen LogP contribution is -2.11. The Morgan fingerprint density at radius 2 is 2.29 bits per heavy atom. The average molecular weight is 191 g/mol. The Morgan fingerprint density at radius 3 is 3.00 bits per heavy atom.